The van der Waals surface area contributed by atoms with Gasteiger partial charge in [0, 0.05) is 15.6 Å². The van der Waals surface area contributed by atoms with Crippen LogP contribution in [0.1, 0.15) is 18.4 Å². The Balaban J connectivity index is 3.29. The van der Waals surface area contributed by atoms with Crippen molar-refractivity contribution in [1.82, 2.24) is 0 Å². The monoisotopic (exact) mass is 256 g/mol. The summed E-state index contributed by atoms with van der Waals surface area (Å²) >= 11 is 12.1. The highest BCUT2D eigenvalue weighted by atomic mass is 35.5. The van der Waals surface area contributed by atoms with Gasteiger partial charge in [-0.2, -0.15) is 0 Å². The molecular formula is C13H14Cl2O. The highest BCUT2D eigenvalue weighted by Crippen LogP contribution is 2.39. The van der Waals surface area contributed by atoms with Crippen LogP contribution in [0.4, 0.5) is 0 Å². The van der Waals surface area contributed by atoms with Crippen LogP contribution in [0.25, 0.3) is 0 Å². The molecule has 86 valence electrons. The summed E-state index contributed by atoms with van der Waals surface area (Å²) in [4.78, 5) is 0. The summed E-state index contributed by atoms with van der Waals surface area (Å²) in [6.45, 7) is 7.26. The molecule has 0 atom stereocenters. The minimum absolute atomic E-state index is 0.377. The molecule has 0 fully saturated rings. The fraction of sp³-hybridized carbons (Fsp3) is 0.231. The van der Waals surface area contributed by atoms with Gasteiger partial charge in [-0.05, 0) is 25.0 Å². The van der Waals surface area contributed by atoms with Crippen molar-refractivity contribution in [2.24, 2.45) is 0 Å². The molecule has 0 aliphatic carbocycles. The van der Waals surface area contributed by atoms with E-state index < -0.39 is 5.60 Å². The second kappa shape index (κ2) is 5.53. The van der Waals surface area contributed by atoms with Gasteiger partial charge >= 0.3 is 0 Å². The summed E-state index contributed by atoms with van der Waals surface area (Å²) in [5, 5.41) is 11.4. The molecule has 1 nitrogen and oxygen atoms in total. The second-order valence-electron chi connectivity index (χ2n) is 3.61. The van der Waals surface area contributed by atoms with Crippen molar-refractivity contribution in [3.8, 4) is 0 Å². The van der Waals surface area contributed by atoms with Gasteiger partial charge in [0.1, 0.15) is 0 Å². The smallest absolute Gasteiger partial charge is 0.0993 e. The quantitative estimate of drug-likeness (QED) is 0.778. The van der Waals surface area contributed by atoms with Gasteiger partial charge in [0.15, 0.2) is 0 Å². The largest absolute Gasteiger partial charge is 0.384 e. The molecule has 0 aromatic heterocycles. The maximum Gasteiger partial charge on any atom is 0.0993 e. The molecule has 0 radical (unpaired) electrons. The van der Waals surface area contributed by atoms with Crippen molar-refractivity contribution in [2.45, 2.75) is 18.4 Å². The molecule has 0 heterocycles. The van der Waals surface area contributed by atoms with Crippen molar-refractivity contribution in [1.29, 1.82) is 0 Å². The summed E-state index contributed by atoms with van der Waals surface area (Å²) in [7, 11) is 0. The van der Waals surface area contributed by atoms with Crippen LogP contribution in [0.3, 0.4) is 0 Å². The first kappa shape index (κ1) is 13.3. The van der Waals surface area contributed by atoms with E-state index in [1.807, 2.05) is 0 Å². The molecule has 3 heteroatoms. The maximum atomic E-state index is 10.5. The first-order valence-corrected chi connectivity index (χ1v) is 5.69. The minimum atomic E-state index is -1.13. The van der Waals surface area contributed by atoms with Crippen LogP contribution in [-0.2, 0) is 5.60 Å². The summed E-state index contributed by atoms with van der Waals surface area (Å²) in [5.41, 5.74) is -0.586. The molecule has 0 saturated carbocycles. The van der Waals surface area contributed by atoms with Gasteiger partial charge in [0.25, 0.3) is 0 Å². The molecule has 1 rings (SSSR count). The highest BCUT2D eigenvalue weighted by Gasteiger charge is 2.30. The number of aliphatic hydroxyl groups is 1. The van der Waals surface area contributed by atoms with Crippen molar-refractivity contribution >= 4 is 23.2 Å². The van der Waals surface area contributed by atoms with E-state index >= 15 is 0 Å². The van der Waals surface area contributed by atoms with E-state index in [1.54, 1.807) is 30.4 Å². The standard InChI is InChI=1S/C13H14Cl2O/c1-3-8-13(16,9-4-2)12-10(14)6-5-7-11(12)15/h3-7,16H,1-2,8-9H2. The zero-order valence-electron chi connectivity index (χ0n) is 8.92. The molecular weight excluding hydrogens is 243 g/mol. The third-order valence-corrected chi connectivity index (χ3v) is 3.02. The molecule has 0 aliphatic rings. The lowest BCUT2D eigenvalue weighted by Crippen LogP contribution is -2.25. The Bertz CT molecular complexity index is 369. The van der Waals surface area contributed by atoms with E-state index in [4.69, 9.17) is 23.2 Å². The summed E-state index contributed by atoms with van der Waals surface area (Å²) in [6.07, 6.45) is 4.04. The van der Waals surface area contributed by atoms with E-state index in [1.165, 1.54) is 0 Å². The van der Waals surface area contributed by atoms with Gasteiger partial charge in [0.2, 0.25) is 0 Å². The Morgan fingerprint density at radius 3 is 1.94 bits per heavy atom. The van der Waals surface area contributed by atoms with Gasteiger partial charge < -0.3 is 5.11 Å². The first-order valence-electron chi connectivity index (χ1n) is 4.94. The Hall–Kier alpha value is -0.760. The fourth-order valence-electron chi connectivity index (χ4n) is 1.71. The van der Waals surface area contributed by atoms with E-state index in [2.05, 4.69) is 13.2 Å². The van der Waals surface area contributed by atoms with E-state index in [0.717, 1.165) is 0 Å². The van der Waals surface area contributed by atoms with Crippen LogP contribution in [0.5, 0.6) is 0 Å². The molecule has 0 aliphatic heterocycles. The number of hydrogen-bond donors (Lipinski definition) is 1. The topological polar surface area (TPSA) is 20.2 Å². The average molecular weight is 257 g/mol. The average Bonchev–Trinajstić information content (AvgIpc) is 2.17. The van der Waals surface area contributed by atoms with Gasteiger partial charge in [-0.15, -0.1) is 13.2 Å². The van der Waals surface area contributed by atoms with Gasteiger partial charge in [0.05, 0.1) is 5.60 Å². The lowest BCUT2D eigenvalue weighted by Gasteiger charge is -2.28. The molecule has 0 unspecified atom stereocenters. The number of hydrogen-bond acceptors (Lipinski definition) is 1. The van der Waals surface area contributed by atoms with E-state index in [9.17, 15) is 5.11 Å². The van der Waals surface area contributed by atoms with Crippen LogP contribution in [0.2, 0.25) is 10.0 Å². The Morgan fingerprint density at radius 1 is 1.12 bits per heavy atom. The zero-order chi connectivity index (χ0) is 12.2. The summed E-state index contributed by atoms with van der Waals surface area (Å²) in [6, 6.07) is 5.16. The van der Waals surface area contributed by atoms with Gasteiger partial charge in [-0.1, -0.05) is 41.4 Å². The molecule has 0 saturated heterocycles. The SMILES string of the molecule is C=CCC(O)(CC=C)c1c(Cl)cccc1Cl. The van der Waals surface area contributed by atoms with Crippen molar-refractivity contribution < 1.29 is 5.11 Å². The van der Waals surface area contributed by atoms with Crippen molar-refractivity contribution in [3.63, 3.8) is 0 Å². The maximum absolute atomic E-state index is 10.5. The second-order valence-corrected chi connectivity index (χ2v) is 4.43. The zero-order valence-corrected chi connectivity index (χ0v) is 10.4. The molecule has 1 aromatic rings. The lowest BCUT2D eigenvalue weighted by atomic mass is 9.87. The van der Waals surface area contributed by atoms with Crippen LogP contribution >= 0.6 is 23.2 Å². The molecule has 16 heavy (non-hydrogen) atoms. The van der Waals surface area contributed by atoms with Crippen molar-refractivity contribution in [3.05, 3.63) is 59.1 Å². The lowest BCUT2D eigenvalue weighted by molar-refractivity contribution is 0.0432. The number of rotatable bonds is 5. The number of halogens is 2. The summed E-state index contributed by atoms with van der Waals surface area (Å²) in [5.74, 6) is 0. The third-order valence-electron chi connectivity index (χ3n) is 2.39. The van der Waals surface area contributed by atoms with Crippen molar-refractivity contribution in [2.75, 3.05) is 0 Å². The number of benzene rings is 1. The van der Waals surface area contributed by atoms with Crippen LogP contribution < -0.4 is 0 Å². The van der Waals surface area contributed by atoms with Crippen LogP contribution in [-0.4, -0.2) is 5.11 Å². The molecule has 0 spiro atoms. The molecule has 1 aromatic carbocycles. The third kappa shape index (κ3) is 2.67. The van der Waals surface area contributed by atoms with Crippen LogP contribution in [0, 0.1) is 0 Å². The predicted octanol–water partition coefficient (Wildman–Crippen LogP) is 4.33. The predicted molar refractivity (Wildman–Crippen MR) is 70.0 cm³/mol. The Labute approximate surface area is 106 Å². The Kier molecular flexibility index (Phi) is 4.60. The van der Waals surface area contributed by atoms with Crippen LogP contribution in [0.15, 0.2) is 43.5 Å². The van der Waals surface area contributed by atoms with E-state index in [-0.39, 0.29) is 0 Å². The summed E-state index contributed by atoms with van der Waals surface area (Å²) < 4.78 is 0. The fourth-order valence-corrected chi connectivity index (χ4v) is 2.46. The minimum Gasteiger partial charge on any atom is -0.384 e. The normalized spacial score (nSPS) is 11.2. The van der Waals surface area contributed by atoms with Gasteiger partial charge in [-0.25, -0.2) is 0 Å². The van der Waals surface area contributed by atoms with E-state index in [0.29, 0.717) is 28.5 Å². The Morgan fingerprint density at radius 2 is 1.56 bits per heavy atom. The first-order chi connectivity index (χ1) is 7.55. The highest BCUT2D eigenvalue weighted by molar-refractivity contribution is 6.36. The molecule has 1 N–H and O–H groups in total. The van der Waals surface area contributed by atoms with Gasteiger partial charge in [-0.3, -0.25) is 0 Å². The molecule has 0 amide bonds. The molecule has 0 bridgehead atoms.